The fourth-order valence-corrected chi connectivity index (χ4v) is 3.19. The van der Waals surface area contributed by atoms with E-state index >= 15 is 0 Å². The summed E-state index contributed by atoms with van der Waals surface area (Å²) < 4.78 is 5.34. The first-order chi connectivity index (χ1) is 10.5. The summed E-state index contributed by atoms with van der Waals surface area (Å²) in [6.45, 7) is 7.85. The summed E-state index contributed by atoms with van der Waals surface area (Å²) >= 11 is 0. The minimum absolute atomic E-state index is 0.0476. The number of hydrogen-bond donors (Lipinski definition) is 1. The number of urea groups is 1. The molecule has 1 aromatic rings. The van der Waals surface area contributed by atoms with Gasteiger partial charge in [-0.25, -0.2) is 4.79 Å². The molecule has 1 N–H and O–H groups in total. The molecule has 0 radical (unpaired) electrons. The van der Waals surface area contributed by atoms with E-state index in [-0.39, 0.29) is 12.1 Å². The number of rotatable bonds is 4. The topological polar surface area (TPSA) is 41.6 Å². The van der Waals surface area contributed by atoms with E-state index in [9.17, 15) is 4.79 Å². The fourth-order valence-electron chi connectivity index (χ4n) is 3.19. The first-order valence-corrected chi connectivity index (χ1v) is 8.13. The van der Waals surface area contributed by atoms with Crippen molar-refractivity contribution in [1.82, 2.24) is 10.2 Å². The first kappa shape index (κ1) is 16.8. The van der Waals surface area contributed by atoms with Crippen molar-refractivity contribution >= 4 is 6.03 Å². The highest BCUT2D eigenvalue weighted by molar-refractivity contribution is 5.74. The molecule has 0 aromatic heterocycles. The number of carbonyl (C=O) groups is 1. The van der Waals surface area contributed by atoms with E-state index in [2.05, 4.69) is 44.3 Å². The maximum atomic E-state index is 12.3. The van der Waals surface area contributed by atoms with Crippen LogP contribution in [0, 0.1) is 13.8 Å². The van der Waals surface area contributed by atoms with E-state index in [1.54, 1.807) is 7.11 Å². The number of aryl methyl sites for hydroxylation is 2. The molecule has 22 heavy (non-hydrogen) atoms. The smallest absolute Gasteiger partial charge is 0.317 e. The van der Waals surface area contributed by atoms with E-state index in [1.165, 1.54) is 16.7 Å². The molecule has 1 heterocycles. The summed E-state index contributed by atoms with van der Waals surface area (Å²) in [5, 5.41) is 3.12. The Balaban J connectivity index is 1.83. The second-order valence-electron chi connectivity index (χ2n) is 6.47. The van der Waals surface area contributed by atoms with Crippen LogP contribution in [0.4, 0.5) is 4.79 Å². The summed E-state index contributed by atoms with van der Waals surface area (Å²) in [6.07, 6.45) is 3.02. The zero-order chi connectivity index (χ0) is 16.1. The predicted octanol–water partition coefficient (Wildman–Crippen LogP) is 3.05. The van der Waals surface area contributed by atoms with Gasteiger partial charge in [-0.2, -0.15) is 0 Å². The SMILES string of the molecule is COC1CCN(C(=O)N[C@@H](C)Cc2cc(C)cc(C)c2)CC1. The number of piperidine rings is 1. The quantitative estimate of drug-likeness (QED) is 0.929. The Labute approximate surface area is 133 Å². The Morgan fingerprint density at radius 3 is 2.41 bits per heavy atom. The highest BCUT2D eigenvalue weighted by atomic mass is 16.5. The van der Waals surface area contributed by atoms with E-state index in [0.717, 1.165) is 32.4 Å². The first-order valence-electron chi connectivity index (χ1n) is 8.13. The number of carbonyl (C=O) groups excluding carboxylic acids is 1. The highest BCUT2D eigenvalue weighted by Gasteiger charge is 2.23. The molecule has 1 aliphatic heterocycles. The molecule has 122 valence electrons. The van der Waals surface area contributed by atoms with Gasteiger partial charge < -0.3 is 15.0 Å². The van der Waals surface area contributed by atoms with Gasteiger partial charge in [-0.1, -0.05) is 29.3 Å². The summed E-state index contributed by atoms with van der Waals surface area (Å²) in [7, 11) is 1.74. The van der Waals surface area contributed by atoms with E-state index in [4.69, 9.17) is 4.74 Å². The van der Waals surface area contributed by atoms with Crippen molar-refractivity contribution in [2.24, 2.45) is 0 Å². The van der Waals surface area contributed by atoms with Crippen LogP contribution in [0.5, 0.6) is 0 Å². The Bertz CT molecular complexity index is 488. The van der Waals surface area contributed by atoms with Gasteiger partial charge >= 0.3 is 6.03 Å². The third kappa shape index (κ3) is 4.73. The van der Waals surface area contributed by atoms with Crippen LogP contribution in [0.3, 0.4) is 0 Å². The number of nitrogens with one attached hydrogen (secondary N) is 1. The molecule has 0 unspecified atom stereocenters. The van der Waals surface area contributed by atoms with Crippen LogP contribution in [0.1, 0.15) is 36.5 Å². The third-order valence-corrected chi connectivity index (χ3v) is 4.26. The minimum atomic E-state index is 0.0476. The lowest BCUT2D eigenvalue weighted by Gasteiger charge is -2.32. The van der Waals surface area contributed by atoms with Crippen molar-refractivity contribution in [2.75, 3.05) is 20.2 Å². The number of benzene rings is 1. The average Bonchev–Trinajstić information content (AvgIpc) is 2.46. The minimum Gasteiger partial charge on any atom is -0.381 e. The summed E-state index contributed by atoms with van der Waals surface area (Å²) in [6, 6.07) is 6.74. The van der Waals surface area contributed by atoms with Gasteiger partial charge in [0.25, 0.3) is 0 Å². The second-order valence-corrected chi connectivity index (χ2v) is 6.47. The normalized spacial score (nSPS) is 17.4. The fraction of sp³-hybridized carbons (Fsp3) is 0.611. The molecular weight excluding hydrogens is 276 g/mol. The van der Waals surface area contributed by atoms with Crippen LogP contribution in [0.15, 0.2) is 18.2 Å². The Kier molecular flexibility index (Phi) is 5.83. The van der Waals surface area contributed by atoms with E-state index in [1.807, 2.05) is 4.90 Å². The highest BCUT2D eigenvalue weighted by Crippen LogP contribution is 2.14. The molecule has 0 spiro atoms. The van der Waals surface area contributed by atoms with Gasteiger partial charge in [-0.15, -0.1) is 0 Å². The van der Waals surface area contributed by atoms with Crippen molar-refractivity contribution in [3.63, 3.8) is 0 Å². The Morgan fingerprint density at radius 2 is 1.86 bits per heavy atom. The molecule has 2 rings (SSSR count). The Morgan fingerprint density at radius 1 is 1.27 bits per heavy atom. The Hall–Kier alpha value is -1.55. The lowest BCUT2D eigenvalue weighted by Crippen LogP contribution is -2.48. The zero-order valence-corrected chi connectivity index (χ0v) is 14.2. The van der Waals surface area contributed by atoms with E-state index in [0.29, 0.717) is 6.10 Å². The van der Waals surface area contributed by atoms with Crippen molar-refractivity contribution in [3.05, 3.63) is 34.9 Å². The monoisotopic (exact) mass is 304 g/mol. The van der Waals surface area contributed by atoms with Gasteiger partial charge in [-0.05, 0) is 45.6 Å². The second kappa shape index (κ2) is 7.63. The molecule has 1 saturated heterocycles. The van der Waals surface area contributed by atoms with Gasteiger partial charge in [0.2, 0.25) is 0 Å². The average molecular weight is 304 g/mol. The van der Waals surface area contributed by atoms with Crippen LogP contribution in [0.25, 0.3) is 0 Å². The number of hydrogen-bond acceptors (Lipinski definition) is 2. The van der Waals surface area contributed by atoms with Crippen molar-refractivity contribution < 1.29 is 9.53 Å². The molecule has 0 bridgehead atoms. The van der Waals surface area contributed by atoms with Gasteiger partial charge in [0, 0.05) is 26.2 Å². The third-order valence-electron chi connectivity index (χ3n) is 4.26. The lowest BCUT2D eigenvalue weighted by molar-refractivity contribution is 0.0500. The summed E-state index contributed by atoms with van der Waals surface area (Å²) in [5.74, 6) is 0. The van der Waals surface area contributed by atoms with Gasteiger partial charge in [0.15, 0.2) is 0 Å². The van der Waals surface area contributed by atoms with Crippen molar-refractivity contribution in [2.45, 2.75) is 52.2 Å². The summed E-state index contributed by atoms with van der Waals surface area (Å²) in [4.78, 5) is 14.2. The van der Waals surface area contributed by atoms with Gasteiger partial charge in [0.1, 0.15) is 0 Å². The van der Waals surface area contributed by atoms with Gasteiger partial charge in [0.05, 0.1) is 6.10 Å². The van der Waals surface area contributed by atoms with Crippen LogP contribution in [0.2, 0.25) is 0 Å². The summed E-state index contributed by atoms with van der Waals surface area (Å²) in [5.41, 5.74) is 3.83. The number of methoxy groups -OCH3 is 1. The van der Waals surface area contributed by atoms with Crippen LogP contribution >= 0.6 is 0 Å². The predicted molar refractivity (Wildman–Crippen MR) is 89.2 cm³/mol. The molecule has 1 aromatic carbocycles. The molecule has 2 amide bonds. The molecule has 1 fully saturated rings. The molecule has 1 atom stereocenters. The van der Waals surface area contributed by atoms with Crippen LogP contribution in [-0.2, 0) is 11.2 Å². The number of amides is 2. The maximum Gasteiger partial charge on any atom is 0.317 e. The molecule has 0 aliphatic carbocycles. The molecule has 4 heteroatoms. The number of ether oxygens (including phenoxy) is 1. The lowest BCUT2D eigenvalue weighted by atomic mass is 10.0. The van der Waals surface area contributed by atoms with Crippen LogP contribution in [-0.4, -0.2) is 43.3 Å². The zero-order valence-electron chi connectivity index (χ0n) is 14.2. The van der Waals surface area contributed by atoms with Gasteiger partial charge in [-0.3, -0.25) is 0 Å². The van der Waals surface area contributed by atoms with E-state index < -0.39 is 0 Å². The molecular formula is C18H28N2O2. The van der Waals surface area contributed by atoms with Crippen molar-refractivity contribution in [1.29, 1.82) is 0 Å². The van der Waals surface area contributed by atoms with Crippen LogP contribution < -0.4 is 5.32 Å². The number of likely N-dealkylation sites (tertiary alicyclic amines) is 1. The number of nitrogens with zero attached hydrogens (tertiary/aromatic N) is 1. The molecule has 1 aliphatic rings. The molecule has 0 saturated carbocycles. The van der Waals surface area contributed by atoms with Crippen molar-refractivity contribution in [3.8, 4) is 0 Å². The standard InChI is InChI=1S/C18H28N2O2/c1-13-9-14(2)11-16(10-13)12-15(3)19-18(21)20-7-5-17(22-4)6-8-20/h9-11,15,17H,5-8,12H2,1-4H3,(H,19,21)/t15-/m0/s1. The largest absolute Gasteiger partial charge is 0.381 e. The molecule has 4 nitrogen and oxygen atoms in total. The maximum absolute atomic E-state index is 12.3.